The van der Waals surface area contributed by atoms with Crippen molar-refractivity contribution in [1.82, 2.24) is 5.32 Å². The van der Waals surface area contributed by atoms with Gasteiger partial charge in [-0.3, -0.25) is 0 Å². The van der Waals surface area contributed by atoms with Crippen LogP contribution in [-0.2, 0) is 0 Å². The fourth-order valence-corrected chi connectivity index (χ4v) is 2.82. The minimum absolute atomic E-state index is 0.243. The Labute approximate surface area is 120 Å². The van der Waals surface area contributed by atoms with Crippen LogP contribution in [0.3, 0.4) is 0 Å². The highest BCUT2D eigenvalue weighted by molar-refractivity contribution is 5.83. The van der Waals surface area contributed by atoms with Gasteiger partial charge < -0.3 is 14.5 Å². The van der Waals surface area contributed by atoms with Crippen molar-refractivity contribution in [3.63, 3.8) is 0 Å². The van der Waals surface area contributed by atoms with E-state index in [1.165, 1.54) is 25.7 Å². The number of hydrogen-bond donors (Lipinski definition) is 1. The number of furan rings is 1. The number of hydrogen-bond acceptors (Lipinski definition) is 3. The summed E-state index contributed by atoms with van der Waals surface area (Å²) in [5.74, 6) is 2.74. The average Bonchev–Trinajstić information content (AvgIpc) is 2.85. The van der Waals surface area contributed by atoms with Crippen molar-refractivity contribution in [2.75, 3.05) is 13.7 Å². The van der Waals surface area contributed by atoms with Crippen LogP contribution >= 0.6 is 0 Å². The summed E-state index contributed by atoms with van der Waals surface area (Å²) in [6.07, 6.45) is 5.53. The number of benzene rings is 1. The minimum Gasteiger partial charge on any atom is -0.493 e. The van der Waals surface area contributed by atoms with Gasteiger partial charge in [-0.1, -0.05) is 31.4 Å². The van der Waals surface area contributed by atoms with Crippen molar-refractivity contribution >= 4 is 11.0 Å². The van der Waals surface area contributed by atoms with E-state index in [0.717, 1.165) is 34.9 Å². The first-order chi connectivity index (χ1) is 9.78. The molecular formula is C17H23NO2. The summed E-state index contributed by atoms with van der Waals surface area (Å²) in [7, 11) is 1.68. The first-order valence-corrected chi connectivity index (χ1v) is 7.57. The molecule has 1 atom stereocenters. The van der Waals surface area contributed by atoms with Gasteiger partial charge in [-0.25, -0.2) is 0 Å². The molecule has 0 amide bonds. The Hall–Kier alpha value is -1.48. The van der Waals surface area contributed by atoms with E-state index in [1.54, 1.807) is 7.11 Å². The van der Waals surface area contributed by atoms with Crippen LogP contribution in [0.2, 0.25) is 0 Å². The molecule has 1 saturated carbocycles. The van der Waals surface area contributed by atoms with Crippen molar-refractivity contribution in [1.29, 1.82) is 0 Å². The second-order valence-corrected chi connectivity index (χ2v) is 5.79. The van der Waals surface area contributed by atoms with E-state index in [0.29, 0.717) is 0 Å². The standard InChI is InChI=1S/C17H23NO2/c1-12(18-10-9-13-5-3-6-13)16-11-14-7-4-8-15(19-2)17(14)20-16/h4,7-8,11-13,18H,3,5-6,9-10H2,1-2H3. The molecule has 0 radical (unpaired) electrons. The fraction of sp³-hybridized carbons (Fsp3) is 0.529. The van der Waals surface area contributed by atoms with Gasteiger partial charge in [0.2, 0.25) is 0 Å². The summed E-state index contributed by atoms with van der Waals surface area (Å²) < 4.78 is 11.3. The lowest BCUT2D eigenvalue weighted by Crippen LogP contribution is -2.23. The van der Waals surface area contributed by atoms with Crippen LogP contribution in [0.1, 0.15) is 44.4 Å². The zero-order valence-electron chi connectivity index (χ0n) is 12.3. The maximum absolute atomic E-state index is 5.96. The lowest BCUT2D eigenvalue weighted by Gasteiger charge is -2.25. The Morgan fingerprint density at radius 1 is 1.40 bits per heavy atom. The number of methoxy groups -OCH3 is 1. The summed E-state index contributed by atoms with van der Waals surface area (Å²) in [4.78, 5) is 0. The van der Waals surface area contributed by atoms with E-state index in [1.807, 2.05) is 12.1 Å². The van der Waals surface area contributed by atoms with Gasteiger partial charge in [0.05, 0.1) is 13.2 Å². The molecule has 1 aromatic heterocycles. The van der Waals surface area contributed by atoms with Gasteiger partial charge in [-0.2, -0.15) is 0 Å². The van der Waals surface area contributed by atoms with Crippen LogP contribution in [0.25, 0.3) is 11.0 Å². The largest absolute Gasteiger partial charge is 0.493 e. The first kappa shape index (κ1) is 13.5. The smallest absolute Gasteiger partial charge is 0.176 e. The predicted molar refractivity (Wildman–Crippen MR) is 81.1 cm³/mol. The maximum atomic E-state index is 5.96. The number of fused-ring (bicyclic) bond motifs is 1. The fourth-order valence-electron chi connectivity index (χ4n) is 2.82. The molecule has 1 aliphatic carbocycles. The van der Waals surface area contributed by atoms with E-state index in [9.17, 15) is 0 Å². The lowest BCUT2D eigenvalue weighted by molar-refractivity contribution is 0.286. The number of rotatable bonds is 6. The predicted octanol–water partition coefficient (Wildman–Crippen LogP) is 4.28. The van der Waals surface area contributed by atoms with Gasteiger partial charge in [-0.15, -0.1) is 0 Å². The molecule has 2 aromatic rings. The highest BCUT2D eigenvalue weighted by atomic mass is 16.5. The summed E-state index contributed by atoms with van der Waals surface area (Å²) >= 11 is 0. The third-order valence-electron chi connectivity index (χ3n) is 4.40. The normalized spacial score (nSPS) is 17.1. The molecule has 1 aliphatic rings. The second-order valence-electron chi connectivity index (χ2n) is 5.79. The van der Waals surface area contributed by atoms with Gasteiger partial charge >= 0.3 is 0 Å². The maximum Gasteiger partial charge on any atom is 0.176 e. The third-order valence-corrected chi connectivity index (χ3v) is 4.40. The number of ether oxygens (including phenoxy) is 1. The van der Waals surface area contributed by atoms with Gasteiger partial charge in [-0.05, 0) is 37.9 Å². The molecule has 0 aliphatic heterocycles. The van der Waals surface area contributed by atoms with Crippen molar-refractivity contribution in [2.24, 2.45) is 5.92 Å². The van der Waals surface area contributed by atoms with Crippen LogP contribution in [0.15, 0.2) is 28.7 Å². The van der Waals surface area contributed by atoms with Crippen molar-refractivity contribution in [3.8, 4) is 5.75 Å². The van der Waals surface area contributed by atoms with Crippen molar-refractivity contribution in [2.45, 2.75) is 38.6 Å². The van der Waals surface area contributed by atoms with Crippen LogP contribution in [0, 0.1) is 5.92 Å². The Kier molecular flexibility index (Phi) is 3.97. The van der Waals surface area contributed by atoms with Crippen LogP contribution in [0.4, 0.5) is 0 Å². The zero-order chi connectivity index (χ0) is 13.9. The Balaban J connectivity index is 1.66. The van der Waals surface area contributed by atoms with Gasteiger partial charge in [0, 0.05) is 5.39 Å². The molecule has 1 fully saturated rings. The molecule has 1 N–H and O–H groups in total. The molecule has 108 valence electrons. The molecule has 1 heterocycles. The monoisotopic (exact) mass is 273 g/mol. The van der Waals surface area contributed by atoms with E-state index < -0.39 is 0 Å². The number of para-hydroxylation sites is 1. The van der Waals surface area contributed by atoms with E-state index >= 15 is 0 Å². The summed E-state index contributed by atoms with van der Waals surface area (Å²) in [6.45, 7) is 3.23. The Morgan fingerprint density at radius 3 is 2.95 bits per heavy atom. The first-order valence-electron chi connectivity index (χ1n) is 7.57. The summed E-state index contributed by atoms with van der Waals surface area (Å²) in [5.41, 5.74) is 0.845. The Bertz CT molecular complexity index is 571. The van der Waals surface area contributed by atoms with Crippen molar-refractivity contribution in [3.05, 3.63) is 30.0 Å². The van der Waals surface area contributed by atoms with E-state index in [2.05, 4.69) is 24.4 Å². The van der Waals surface area contributed by atoms with E-state index in [-0.39, 0.29) is 6.04 Å². The quantitative estimate of drug-likeness (QED) is 0.853. The molecule has 1 aromatic carbocycles. The molecule has 3 nitrogen and oxygen atoms in total. The van der Waals surface area contributed by atoms with Crippen LogP contribution < -0.4 is 10.1 Å². The summed E-state index contributed by atoms with van der Waals surface area (Å²) in [5, 5.41) is 4.67. The lowest BCUT2D eigenvalue weighted by atomic mass is 9.83. The molecule has 20 heavy (non-hydrogen) atoms. The zero-order valence-corrected chi connectivity index (χ0v) is 12.3. The molecule has 0 saturated heterocycles. The minimum atomic E-state index is 0.243. The van der Waals surface area contributed by atoms with Gasteiger partial charge in [0.25, 0.3) is 0 Å². The van der Waals surface area contributed by atoms with E-state index in [4.69, 9.17) is 9.15 Å². The second kappa shape index (κ2) is 5.88. The highest BCUT2D eigenvalue weighted by Gasteiger charge is 2.18. The van der Waals surface area contributed by atoms with Crippen LogP contribution in [-0.4, -0.2) is 13.7 Å². The number of nitrogens with one attached hydrogen (secondary N) is 1. The van der Waals surface area contributed by atoms with Crippen LogP contribution in [0.5, 0.6) is 5.75 Å². The highest BCUT2D eigenvalue weighted by Crippen LogP contribution is 2.31. The SMILES string of the molecule is COc1cccc2cc(C(C)NCCC3CCC3)oc12. The Morgan fingerprint density at radius 2 is 2.25 bits per heavy atom. The van der Waals surface area contributed by atoms with Gasteiger partial charge in [0.1, 0.15) is 5.76 Å². The molecule has 0 spiro atoms. The average molecular weight is 273 g/mol. The summed E-state index contributed by atoms with van der Waals surface area (Å²) in [6, 6.07) is 8.34. The molecule has 1 unspecified atom stereocenters. The van der Waals surface area contributed by atoms with Gasteiger partial charge in [0.15, 0.2) is 11.3 Å². The molecule has 3 heteroatoms. The molecule has 0 bridgehead atoms. The molecule has 3 rings (SSSR count). The topological polar surface area (TPSA) is 34.4 Å². The molecular weight excluding hydrogens is 250 g/mol. The van der Waals surface area contributed by atoms with Crippen molar-refractivity contribution < 1.29 is 9.15 Å². The third kappa shape index (κ3) is 2.68.